The van der Waals surface area contributed by atoms with Crippen LogP contribution in [0.5, 0.6) is 0 Å². The van der Waals surface area contributed by atoms with Crippen molar-refractivity contribution in [2.24, 2.45) is 0 Å². The average molecular weight is 387 g/mol. The second kappa shape index (κ2) is 6.03. The number of carbonyl (C=O) groups excluding carboxylic acids is 1. The van der Waals surface area contributed by atoms with Crippen LogP contribution in [-0.4, -0.2) is 24.8 Å². The molecule has 1 aromatic carbocycles. The van der Waals surface area contributed by atoms with Crippen LogP contribution in [0.1, 0.15) is 15.9 Å². The van der Waals surface area contributed by atoms with Crippen molar-refractivity contribution in [2.75, 3.05) is 14.1 Å². The second-order valence-corrected chi connectivity index (χ2v) is 6.86. The van der Waals surface area contributed by atoms with Crippen LogP contribution in [0.2, 0.25) is 0 Å². The summed E-state index contributed by atoms with van der Waals surface area (Å²) in [6.07, 6.45) is 1.77. The van der Waals surface area contributed by atoms with Gasteiger partial charge in [-0.1, -0.05) is 70.7 Å². The molecule has 0 bridgehead atoms. The Morgan fingerprint density at radius 1 is 0.826 bits per heavy atom. The van der Waals surface area contributed by atoms with Crippen molar-refractivity contribution in [3.63, 3.8) is 0 Å². The van der Waals surface area contributed by atoms with E-state index >= 15 is 0 Å². The molecule has 0 N–H and O–H groups in total. The zero-order valence-electron chi connectivity index (χ0n) is 12.3. The van der Waals surface area contributed by atoms with Gasteiger partial charge in [0.05, 0.1) is 25.8 Å². The molecule has 2 aliphatic carbocycles. The molecule has 2 nitrogen and oxygen atoms in total. The number of fused-ring (bicyclic) bond motifs is 1. The number of hydrogen-bond donors (Lipinski definition) is 0. The van der Waals surface area contributed by atoms with Crippen LogP contribution in [-0.2, 0) is 0 Å². The van der Waals surface area contributed by atoms with Crippen molar-refractivity contribution >= 4 is 57.8 Å². The van der Waals surface area contributed by atoms with Crippen LogP contribution in [0.4, 0.5) is 0 Å². The van der Waals surface area contributed by atoms with E-state index < -0.39 is 0 Å². The lowest BCUT2D eigenvalue weighted by molar-refractivity contribution is 0.100. The highest BCUT2D eigenvalue weighted by Crippen LogP contribution is 2.49. The first-order chi connectivity index (χ1) is 10.8. The zero-order chi connectivity index (χ0) is 16.9. The summed E-state index contributed by atoms with van der Waals surface area (Å²) in [6, 6.07) is 7.31. The van der Waals surface area contributed by atoms with Gasteiger partial charge in [-0.05, 0) is 17.2 Å². The molecule has 2 aliphatic rings. The first-order valence-corrected chi connectivity index (χ1v) is 8.24. The number of Topliss-reactive ketones (excluding diaryl/α,β-unsaturated/α-hetero) is 1. The summed E-state index contributed by atoms with van der Waals surface area (Å²) in [4.78, 5) is 14.4. The van der Waals surface area contributed by atoms with Gasteiger partial charge in [-0.2, -0.15) is 0 Å². The second-order valence-electron chi connectivity index (χ2n) is 5.34. The topological polar surface area (TPSA) is 20.3 Å². The third-order valence-electron chi connectivity index (χ3n) is 3.74. The van der Waals surface area contributed by atoms with Gasteiger partial charge in [0.1, 0.15) is 0 Å². The molecule has 0 aliphatic heterocycles. The molecule has 1 aromatic rings. The molecular formula is C17H11Cl4NO. The van der Waals surface area contributed by atoms with Gasteiger partial charge in [-0.25, -0.2) is 0 Å². The predicted molar refractivity (Wildman–Crippen MR) is 96.9 cm³/mol. The van der Waals surface area contributed by atoms with E-state index in [0.717, 1.165) is 11.1 Å². The molecule has 0 radical (unpaired) electrons. The van der Waals surface area contributed by atoms with Gasteiger partial charge in [0, 0.05) is 25.2 Å². The zero-order valence-corrected chi connectivity index (χ0v) is 15.3. The highest BCUT2D eigenvalue weighted by molar-refractivity contribution is 6.55. The van der Waals surface area contributed by atoms with Crippen molar-refractivity contribution in [2.45, 2.75) is 0 Å². The summed E-state index contributed by atoms with van der Waals surface area (Å²) in [6.45, 7) is 0. The van der Waals surface area contributed by atoms with E-state index in [9.17, 15) is 4.79 Å². The van der Waals surface area contributed by atoms with Gasteiger partial charge in [0.25, 0.3) is 0 Å². The first-order valence-electron chi connectivity index (χ1n) is 6.73. The van der Waals surface area contributed by atoms with Gasteiger partial charge < -0.3 is 4.90 Å². The number of allylic oxidation sites excluding steroid dienone is 8. The number of hydrogen-bond acceptors (Lipinski definition) is 2. The van der Waals surface area contributed by atoms with Gasteiger partial charge in [0.15, 0.2) is 0 Å². The highest BCUT2D eigenvalue weighted by atomic mass is 35.5. The number of rotatable bonds is 1. The Bertz CT molecular complexity index is 833. The van der Waals surface area contributed by atoms with E-state index in [0.29, 0.717) is 16.8 Å². The quantitative estimate of drug-likeness (QED) is 0.637. The number of halogens is 4. The minimum atomic E-state index is -0.0506. The van der Waals surface area contributed by atoms with Crippen molar-refractivity contribution < 1.29 is 4.79 Å². The summed E-state index contributed by atoms with van der Waals surface area (Å²) in [7, 11) is 3.62. The van der Waals surface area contributed by atoms with E-state index in [4.69, 9.17) is 46.4 Å². The minimum Gasteiger partial charge on any atom is -0.374 e. The lowest BCUT2D eigenvalue weighted by Crippen LogP contribution is -2.23. The normalized spacial score (nSPS) is 17.8. The van der Waals surface area contributed by atoms with E-state index in [1.807, 2.05) is 32.3 Å². The van der Waals surface area contributed by atoms with E-state index in [1.54, 1.807) is 17.0 Å². The molecule has 0 aromatic heterocycles. The molecule has 0 saturated heterocycles. The number of likely N-dealkylation sites (N-methyl/N-ethyl adjacent to an activating group) is 1. The smallest absolute Gasteiger partial charge is 0.209 e. The van der Waals surface area contributed by atoms with Crippen molar-refractivity contribution in [3.05, 3.63) is 72.9 Å². The molecule has 6 heteroatoms. The van der Waals surface area contributed by atoms with Crippen LogP contribution < -0.4 is 0 Å². The third-order valence-corrected chi connectivity index (χ3v) is 5.55. The lowest BCUT2D eigenvalue weighted by Gasteiger charge is -2.24. The molecule has 118 valence electrons. The Labute approximate surface area is 154 Å². The first kappa shape index (κ1) is 16.7. The Kier molecular flexibility index (Phi) is 4.37. The van der Waals surface area contributed by atoms with Crippen LogP contribution >= 0.6 is 46.4 Å². The van der Waals surface area contributed by atoms with Crippen LogP contribution in [0, 0.1) is 0 Å². The lowest BCUT2D eigenvalue weighted by atomic mass is 9.87. The summed E-state index contributed by atoms with van der Waals surface area (Å²) in [5, 5.41) is 1.01. The monoisotopic (exact) mass is 385 g/mol. The fourth-order valence-corrected chi connectivity index (χ4v) is 3.72. The molecule has 0 fully saturated rings. The molecule has 3 rings (SSSR count). The molecule has 0 amide bonds. The average Bonchev–Trinajstić information content (AvgIpc) is 2.72. The number of nitrogens with zero attached hydrogens (tertiary/aromatic N) is 1. The largest absolute Gasteiger partial charge is 0.374 e. The molecular weight excluding hydrogens is 376 g/mol. The molecule has 0 saturated carbocycles. The Balaban J connectivity index is 2.39. The van der Waals surface area contributed by atoms with Crippen molar-refractivity contribution in [3.8, 4) is 0 Å². The maximum atomic E-state index is 12.6. The van der Waals surface area contributed by atoms with Gasteiger partial charge >= 0.3 is 0 Å². The van der Waals surface area contributed by atoms with E-state index in [-0.39, 0.29) is 25.9 Å². The molecule has 0 unspecified atom stereocenters. The summed E-state index contributed by atoms with van der Waals surface area (Å²) >= 11 is 24.9. The molecule has 0 spiro atoms. The SMILES string of the molecule is CN(C)C1=CC(=C2C(Cl)=C(Cl)C(Cl)=C2Cl)c2ccccc2C1=O. The third kappa shape index (κ3) is 2.54. The highest BCUT2D eigenvalue weighted by Gasteiger charge is 2.32. The molecule has 0 atom stereocenters. The van der Waals surface area contributed by atoms with Crippen molar-refractivity contribution in [1.82, 2.24) is 4.90 Å². The van der Waals surface area contributed by atoms with Crippen LogP contribution in [0.25, 0.3) is 5.57 Å². The number of benzene rings is 1. The Hall–Kier alpha value is -1.19. The Morgan fingerprint density at radius 3 is 1.87 bits per heavy atom. The maximum Gasteiger partial charge on any atom is 0.209 e. The molecule has 23 heavy (non-hydrogen) atoms. The molecule has 0 heterocycles. The summed E-state index contributed by atoms with van der Waals surface area (Å²) in [5.41, 5.74) is 3.16. The van der Waals surface area contributed by atoms with Gasteiger partial charge in [0.2, 0.25) is 5.78 Å². The fourth-order valence-electron chi connectivity index (χ4n) is 2.62. The van der Waals surface area contributed by atoms with Crippen LogP contribution in [0.3, 0.4) is 0 Å². The number of carbonyl (C=O) groups is 1. The standard InChI is InChI=1S/C17H11Cl4NO/c1-22(2)11-7-10(8-5-3-4-6-9(8)17(11)23)12-13(18)15(20)16(21)14(12)19/h3-7H,1-2H3. The summed E-state index contributed by atoms with van der Waals surface area (Å²) in [5.74, 6) is -0.0506. The van der Waals surface area contributed by atoms with E-state index in [1.165, 1.54) is 0 Å². The Morgan fingerprint density at radius 2 is 1.35 bits per heavy atom. The predicted octanol–water partition coefficient (Wildman–Crippen LogP) is 5.47. The van der Waals surface area contributed by atoms with Crippen LogP contribution in [0.15, 0.2) is 61.7 Å². The van der Waals surface area contributed by atoms with Gasteiger partial charge in [-0.3, -0.25) is 4.79 Å². The van der Waals surface area contributed by atoms with Gasteiger partial charge in [-0.15, -0.1) is 0 Å². The summed E-state index contributed by atoms with van der Waals surface area (Å²) < 4.78 is 0. The number of ketones is 1. The van der Waals surface area contributed by atoms with E-state index in [2.05, 4.69) is 0 Å². The minimum absolute atomic E-state index is 0.0506. The fraction of sp³-hybridized carbons (Fsp3) is 0.118. The maximum absolute atomic E-state index is 12.6. The van der Waals surface area contributed by atoms with Crippen molar-refractivity contribution in [1.29, 1.82) is 0 Å².